The van der Waals surface area contributed by atoms with E-state index in [0.717, 1.165) is 24.2 Å². The first kappa shape index (κ1) is 14.1. The van der Waals surface area contributed by atoms with Gasteiger partial charge < -0.3 is 10.3 Å². The minimum atomic E-state index is 0.124. The van der Waals surface area contributed by atoms with Crippen LogP contribution in [0.25, 0.3) is 0 Å². The molecular weight excluding hydrogens is 246 g/mol. The van der Waals surface area contributed by atoms with Gasteiger partial charge in [-0.25, -0.2) is 4.98 Å². The number of nitrogens with two attached hydrogens (primary N) is 1. The molecule has 0 saturated heterocycles. The number of aromatic nitrogens is 2. The zero-order valence-corrected chi connectivity index (χ0v) is 13.1. The zero-order valence-electron chi connectivity index (χ0n) is 13.1. The molecule has 2 N–H and O–H groups in total. The molecule has 5 unspecified atom stereocenters. The van der Waals surface area contributed by atoms with Crippen LogP contribution >= 0.6 is 0 Å². The maximum Gasteiger partial charge on any atom is 0.0951 e. The van der Waals surface area contributed by atoms with Crippen molar-refractivity contribution >= 4 is 0 Å². The quantitative estimate of drug-likeness (QED) is 0.885. The van der Waals surface area contributed by atoms with E-state index in [9.17, 15) is 0 Å². The average Bonchev–Trinajstić information content (AvgIpc) is 3.12. The van der Waals surface area contributed by atoms with Crippen molar-refractivity contribution in [3.63, 3.8) is 0 Å². The zero-order chi connectivity index (χ0) is 14.3. The summed E-state index contributed by atoms with van der Waals surface area (Å²) in [6, 6.07) is 0.680. The van der Waals surface area contributed by atoms with Gasteiger partial charge in [-0.05, 0) is 56.3 Å². The summed E-state index contributed by atoms with van der Waals surface area (Å²) in [5, 5.41) is 0. The minimum Gasteiger partial charge on any atom is -0.330 e. The summed E-state index contributed by atoms with van der Waals surface area (Å²) in [4.78, 5) is 4.39. The first-order valence-electron chi connectivity index (χ1n) is 8.33. The summed E-state index contributed by atoms with van der Waals surface area (Å²) in [6.45, 7) is 6.85. The van der Waals surface area contributed by atoms with Gasteiger partial charge in [0.1, 0.15) is 0 Å². The molecule has 0 amide bonds. The van der Waals surface area contributed by atoms with Crippen molar-refractivity contribution in [1.82, 2.24) is 9.55 Å². The molecule has 5 atom stereocenters. The Balaban J connectivity index is 1.75. The molecule has 0 spiro atoms. The van der Waals surface area contributed by atoms with Crippen LogP contribution in [0.4, 0.5) is 0 Å². The number of fused-ring (bicyclic) bond motifs is 2. The lowest BCUT2D eigenvalue weighted by Gasteiger charge is -2.31. The number of rotatable bonds is 5. The largest absolute Gasteiger partial charge is 0.330 e. The van der Waals surface area contributed by atoms with Crippen LogP contribution in [0.2, 0.25) is 0 Å². The Morgan fingerprint density at radius 2 is 2.10 bits per heavy atom. The van der Waals surface area contributed by atoms with Crippen molar-refractivity contribution in [2.24, 2.45) is 29.4 Å². The fraction of sp³-hybridized carbons (Fsp3) is 0.824. The summed E-state index contributed by atoms with van der Waals surface area (Å²) in [6.07, 6.45) is 10.8. The van der Waals surface area contributed by atoms with Crippen molar-refractivity contribution in [2.45, 2.75) is 65.0 Å². The second kappa shape index (κ2) is 5.51. The smallest absolute Gasteiger partial charge is 0.0951 e. The highest BCUT2D eigenvalue weighted by atomic mass is 15.1. The lowest BCUT2D eigenvalue weighted by atomic mass is 9.83. The molecule has 1 aromatic heterocycles. The summed E-state index contributed by atoms with van der Waals surface area (Å²) < 4.78 is 2.37. The SMILES string of the molecule is CC(C)CC(N)c1cncn1C(C)C1CC2CCC1C2. The molecule has 0 aliphatic heterocycles. The van der Waals surface area contributed by atoms with E-state index in [1.165, 1.54) is 31.4 Å². The molecule has 3 rings (SSSR count). The molecular formula is C17H29N3. The van der Waals surface area contributed by atoms with E-state index in [1.54, 1.807) is 0 Å². The van der Waals surface area contributed by atoms with Crippen molar-refractivity contribution in [3.8, 4) is 0 Å². The fourth-order valence-corrected chi connectivity index (χ4v) is 4.66. The number of imidazole rings is 1. The van der Waals surface area contributed by atoms with E-state index in [0.29, 0.717) is 12.0 Å². The van der Waals surface area contributed by atoms with Gasteiger partial charge in [-0.3, -0.25) is 0 Å². The Morgan fingerprint density at radius 1 is 1.30 bits per heavy atom. The van der Waals surface area contributed by atoms with Crippen molar-refractivity contribution in [3.05, 3.63) is 18.2 Å². The van der Waals surface area contributed by atoms with Gasteiger partial charge in [-0.1, -0.05) is 20.3 Å². The second-order valence-electron chi connectivity index (χ2n) is 7.54. The van der Waals surface area contributed by atoms with Gasteiger partial charge >= 0.3 is 0 Å². The Morgan fingerprint density at radius 3 is 2.70 bits per heavy atom. The van der Waals surface area contributed by atoms with Crippen LogP contribution in [0, 0.1) is 23.7 Å². The maximum absolute atomic E-state index is 6.39. The van der Waals surface area contributed by atoms with Gasteiger partial charge in [-0.2, -0.15) is 0 Å². The van der Waals surface area contributed by atoms with Crippen molar-refractivity contribution in [1.29, 1.82) is 0 Å². The molecule has 0 aromatic carbocycles. The number of nitrogens with zero attached hydrogens (tertiary/aromatic N) is 2. The number of hydrogen-bond donors (Lipinski definition) is 1. The monoisotopic (exact) mass is 275 g/mol. The van der Waals surface area contributed by atoms with Gasteiger partial charge in [0.05, 0.1) is 12.0 Å². The first-order chi connectivity index (χ1) is 9.56. The van der Waals surface area contributed by atoms with Crippen LogP contribution in [-0.4, -0.2) is 9.55 Å². The highest BCUT2D eigenvalue weighted by molar-refractivity contribution is 5.08. The lowest BCUT2D eigenvalue weighted by molar-refractivity contribution is 0.237. The standard InChI is InChI=1S/C17H29N3/c1-11(2)6-16(18)17-9-19-10-20(17)12(3)15-8-13-4-5-14(15)7-13/h9-16H,4-8,18H2,1-3H3. The molecule has 2 saturated carbocycles. The van der Waals surface area contributed by atoms with Crippen molar-refractivity contribution < 1.29 is 0 Å². The molecule has 1 aromatic rings. The highest BCUT2D eigenvalue weighted by Crippen LogP contribution is 2.52. The van der Waals surface area contributed by atoms with Gasteiger partial charge in [0.2, 0.25) is 0 Å². The first-order valence-corrected chi connectivity index (χ1v) is 8.33. The van der Waals surface area contributed by atoms with E-state index in [1.807, 2.05) is 12.5 Å². The van der Waals surface area contributed by atoms with E-state index < -0.39 is 0 Å². The highest BCUT2D eigenvalue weighted by Gasteiger charge is 2.42. The Kier molecular flexibility index (Phi) is 3.89. The van der Waals surface area contributed by atoms with Crippen LogP contribution < -0.4 is 5.73 Å². The molecule has 2 aliphatic rings. The third-order valence-electron chi connectivity index (χ3n) is 5.65. The molecule has 2 fully saturated rings. The lowest BCUT2D eigenvalue weighted by Crippen LogP contribution is -2.25. The van der Waals surface area contributed by atoms with Crippen LogP contribution in [0.15, 0.2) is 12.5 Å². The summed E-state index contributed by atoms with van der Waals surface area (Å²) in [7, 11) is 0. The second-order valence-corrected chi connectivity index (χ2v) is 7.54. The Bertz CT molecular complexity index is 451. The van der Waals surface area contributed by atoms with Crippen LogP contribution in [0.1, 0.15) is 70.7 Å². The summed E-state index contributed by atoms with van der Waals surface area (Å²) in [5.41, 5.74) is 7.62. The Labute approximate surface area is 123 Å². The third kappa shape index (κ3) is 2.52. The molecule has 3 nitrogen and oxygen atoms in total. The normalized spacial score (nSPS) is 31.9. The molecule has 2 aliphatic carbocycles. The van der Waals surface area contributed by atoms with Gasteiger partial charge in [0, 0.05) is 18.3 Å². The predicted molar refractivity (Wildman–Crippen MR) is 82.3 cm³/mol. The van der Waals surface area contributed by atoms with Gasteiger partial charge in [0.15, 0.2) is 0 Å². The predicted octanol–water partition coefficient (Wildman–Crippen LogP) is 3.93. The minimum absolute atomic E-state index is 0.124. The topological polar surface area (TPSA) is 43.8 Å². The fourth-order valence-electron chi connectivity index (χ4n) is 4.66. The van der Waals surface area contributed by atoms with Gasteiger partial charge in [0.25, 0.3) is 0 Å². The van der Waals surface area contributed by atoms with Gasteiger partial charge in [-0.15, -0.1) is 0 Å². The molecule has 0 radical (unpaired) electrons. The Hall–Kier alpha value is -0.830. The molecule has 3 heteroatoms. The third-order valence-corrected chi connectivity index (χ3v) is 5.65. The average molecular weight is 275 g/mol. The number of hydrogen-bond acceptors (Lipinski definition) is 2. The molecule has 112 valence electrons. The van der Waals surface area contributed by atoms with E-state index in [2.05, 4.69) is 30.3 Å². The van der Waals surface area contributed by atoms with Crippen LogP contribution in [0.5, 0.6) is 0 Å². The van der Waals surface area contributed by atoms with Crippen LogP contribution in [-0.2, 0) is 0 Å². The summed E-state index contributed by atoms with van der Waals surface area (Å²) >= 11 is 0. The van der Waals surface area contributed by atoms with Crippen molar-refractivity contribution in [2.75, 3.05) is 0 Å². The van der Waals surface area contributed by atoms with E-state index in [4.69, 9.17) is 5.73 Å². The van der Waals surface area contributed by atoms with Crippen LogP contribution in [0.3, 0.4) is 0 Å². The maximum atomic E-state index is 6.39. The molecule has 2 bridgehead atoms. The van der Waals surface area contributed by atoms with E-state index in [-0.39, 0.29) is 6.04 Å². The molecule has 20 heavy (non-hydrogen) atoms. The van der Waals surface area contributed by atoms with E-state index >= 15 is 0 Å². The molecule has 1 heterocycles. The summed E-state index contributed by atoms with van der Waals surface area (Å²) in [5.74, 6) is 3.43.